The van der Waals surface area contributed by atoms with Crippen molar-refractivity contribution in [2.24, 2.45) is 29.6 Å². The van der Waals surface area contributed by atoms with Gasteiger partial charge in [-0.15, -0.1) is 0 Å². The highest BCUT2D eigenvalue weighted by molar-refractivity contribution is 5.79. The average molecular weight is 453 g/mol. The van der Waals surface area contributed by atoms with Crippen LogP contribution < -0.4 is 4.90 Å². The summed E-state index contributed by atoms with van der Waals surface area (Å²) in [6.45, 7) is 3.42. The minimum atomic E-state index is -0.627. The molecule has 2 heterocycles. The standard InChI is InChI=1S/C27H36N2O4/c30-25(29-12-10-28(11-13-29)24-4-2-1-3-5-24)21-6-8-26(9-7-21)31-27(33-32-26)22-15-19-14-20(17-22)18-23(27)16-19/h1-5,19-23H,6-18H2. The minimum Gasteiger partial charge on any atom is -0.368 e. The highest BCUT2D eigenvalue weighted by Crippen LogP contribution is 2.63. The van der Waals surface area contributed by atoms with Gasteiger partial charge in [0.1, 0.15) is 0 Å². The number of benzene rings is 1. The van der Waals surface area contributed by atoms with Gasteiger partial charge in [-0.2, -0.15) is 9.78 Å². The average Bonchev–Trinajstić information content (AvgIpc) is 3.23. The fraction of sp³-hybridized carbons (Fsp3) is 0.741. The number of rotatable bonds is 2. The van der Waals surface area contributed by atoms with Crippen molar-refractivity contribution in [1.82, 2.24) is 4.90 Å². The lowest BCUT2D eigenvalue weighted by atomic mass is 9.53. The molecule has 0 aromatic heterocycles. The van der Waals surface area contributed by atoms with Gasteiger partial charge in [-0.3, -0.25) is 4.79 Å². The number of hydrogen-bond donors (Lipinski definition) is 0. The molecule has 7 fully saturated rings. The maximum absolute atomic E-state index is 13.3. The van der Waals surface area contributed by atoms with Gasteiger partial charge in [-0.1, -0.05) is 18.2 Å². The molecule has 5 saturated carbocycles. The molecule has 7 aliphatic rings. The molecule has 1 amide bonds. The molecule has 2 aliphatic heterocycles. The maximum Gasteiger partial charge on any atom is 0.225 e. The van der Waals surface area contributed by atoms with E-state index >= 15 is 0 Å². The van der Waals surface area contributed by atoms with Gasteiger partial charge in [0, 0.05) is 62.5 Å². The first-order valence-electron chi connectivity index (χ1n) is 13.3. The van der Waals surface area contributed by atoms with Crippen molar-refractivity contribution in [3.63, 3.8) is 0 Å². The number of hydrogen-bond acceptors (Lipinski definition) is 5. The first-order valence-corrected chi connectivity index (χ1v) is 13.3. The molecule has 178 valence electrons. The quantitative estimate of drug-likeness (QED) is 0.625. The van der Waals surface area contributed by atoms with Crippen LogP contribution in [0.1, 0.15) is 57.8 Å². The molecule has 8 rings (SSSR count). The van der Waals surface area contributed by atoms with Crippen molar-refractivity contribution in [3.05, 3.63) is 30.3 Å². The van der Waals surface area contributed by atoms with E-state index in [2.05, 4.69) is 34.1 Å². The smallest absolute Gasteiger partial charge is 0.225 e. The van der Waals surface area contributed by atoms with Crippen molar-refractivity contribution >= 4 is 11.6 Å². The lowest BCUT2D eigenvalue weighted by Crippen LogP contribution is -2.59. The molecule has 2 spiro atoms. The number of carbonyl (C=O) groups excluding carboxylic acids is 1. The molecular weight excluding hydrogens is 416 g/mol. The zero-order chi connectivity index (χ0) is 22.0. The minimum absolute atomic E-state index is 0.0844. The van der Waals surface area contributed by atoms with Crippen molar-refractivity contribution in [2.75, 3.05) is 31.1 Å². The van der Waals surface area contributed by atoms with E-state index in [1.807, 2.05) is 6.07 Å². The number of carbonyl (C=O) groups is 1. The third-order valence-corrected chi connectivity index (χ3v) is 9.75. The van der Waals surface area contributed by atoms with Crippen LogP contribution in [0.15, 0.2) is 30.3 Å². The van der Waals surface area contributed by atoms with E-state index in [9.17, 15) is 4.79 Å². The Kier molecular flexibility index (Phi) is 4.83. The summed E-state index contributed by atoms with van der Waals surface area (Å²) < 4.78 is 6.81. The third-order valence-electron chi connectivity index (χ3n) is 9.75. The molecule has 6 heteroatoms. The second-order valence-electron chi connectivity index (χ2n) is 11.6. The van der Waals surface area contributed by atoms with E-state index in [-0.39, 0.29) is 5.92 Å². The van der Waals surface area contributed by atoms with Gasteiger partial charge in [0.2, 0.25) is 17.5 Å². The number of piperazine rings is 1. The first-order chi connectivity index (χ1) is 16.1. The second kappa shape index (κ2) is 7.69. The summed E-state index contributed by atoms with van der Waals surface area (Å²) in [4.78, 5) is 29.9. The van der Waals surface area contributed by atoms with Gasteiger partial charge >= 0.3 is 0 Å². The maximum atomic E-state index is 13.3. The van der Waals surface area contributed by atoms with E-state index < -0.39 is 11.6 Å². The molecule has 0 N–H and O–H groups in total. The monoisotopic (exact) mass is 452 g/mol. The van der Waals surface area contributed by atoms with Crippen LogP contribution in [0.5, 0.6) is 0 Å². The normalized spacial score (nSPS) is 44.2. The molecule has 0 unspecified atom stereocenters. The Bertz CT molecular complexity index is 861. The summed E-state index contributed by atoms with van der Waals surface area (Å²) in [5.41, 5.74) is 1.25. The lowest BCUT2D eigenvalue weighted by molar-refractivity contribution is -0.390. The molecule has 1 aromatic rings. The van der Waals surface area contributed by atoms with Gasteiger partial charge in [0.25, 0.3) is 0 Å². The zero-order valence-electron chi connectivity index (χ0n) is 19.5. The van der Waals surface area contributed by atoms with Gasteiger partial charge in [0.15, 0.2) is 0 Å². The number of nitrogens with zero attached hydrogens (tertiary/aromatic N) is 2. The summed E-state index contributed by atoms with van der Waals surface area (Å²) in [5, 5.41) is 0. The van der Waals surface area contributed by atoms with Crippen LogP contribution in [0.2, 0.25) is 0 Å². The summed E-state index contributed by atoms with van der Waals surface area (Å²) >= 11 is 0. The lowest BCUT2D eigenvalue weighted by Gasteiger charge is -2.57. The van der Waals surface area contributed by atoms with Crippen LogP contribution in [-0.2, 0) is 19.3 Å². The first kappa shape index (κ1) is 20.7. The van der Waals surface area contributed by atoms with Gasteiger partial charge in [0.05, 0.1) is 0 Å². The van der Waals surface area contributed by atoms with Crippen molar-refractivity contribution in [2.45, 2.75) is 69.4 Å². The number of ether oxygens (including phenoxy) is 1. The highest BCUT2D eigenvalue weighted by atomic mass is 17.3. The van der Waals surface area contributed by atoms with Gasteiger partial charge in [-0.05, 0) is 68.9 Å². The van der Waals surface area contributed by atoms with Crippen LogP contribution in [0, 0.1) is 29.6 Å². The largest absolute Gasteiger partial charge is 0.368 e. The summed E-state index contributed by atoms with van der Waals surface area (Å²) in [5.74, 6) is 2.01. The SMILES string of the molecule is O=C(C1CCC2(CC1)OOC1(O2)C2CC3CC(C2)CC1C3)N1CCN(c2ccccc2)CC1. The Labute approximate surface area is 196 Å². The van der Waals surface area contributed by atoms with Crippen LogP contribution >= 0.6 is 0 Å². The van der Waals surface area contributed by atoms with E-state index in [1.165, 1.54) is 37.8 Å². The van der Waals surface area contributed by atoms with E-state index in [0.717, 1.165) is 63.7 Å². The third kappa shape index (κ3) is 3.35. The Hall–Kier alpha value is -1.63. The van der Waals surface area contributed by atoms with Crippen molar-refractivity contribution < 1.29 is 19.3 Å². The molecule has 1 aromatic carbocycles. The van der Waals surface area contributed by atoms with Gasteiger partial charge < -0.3 is 14.5 Å². The topological polar surface area (TPSA) is 51.2 Å². The Morgan fingerprint density at radius 1 is 0.818 bits per heavy atom. The van der Waals surface area contributed by atoms with Crippen LogP contribution in [0.25, 0.3) is 0 Å². The van der Waals surface area contributed by atoms with E-state index in [0.29, 0.717) is 17.7 Å². The van der Waals surface area contributed by atoms with E-state index in [1.54, 1.807) is 0 Å². The van der Waals surface area contributed by atoms with Crippen LogP contribution in [-0.4, -0.2) is 48.6 Å². The second-order valence-corrected chi connectivity index (χ2v) is 11.6. The molecule has 0 radical (unpaired) electrons. The van der Waals surface area contributed by atoms with Crippen LogP contribution in [0.4, 0.5) is 5.69 Å². The Morgan fingerprint density at radius 3 is 2.09 bits per heavy atom. The van der Waals surface area contributed by atoms with E-state index in [4.69, 9.17) is 14.5 Å². The highest BCUT2D eigenvalue weighted by Gasteiger charge is 2.66. The number of amides is 1. The fourth-order valence-electron chi connectivity index (χ4n) is 8.18. The van der Waals surface area contributed by atoms with Crippen molar-refractivity contribution in [1.29, 1.82) is 0 Å². The molecule has 4 bridgehead atoms. The molecule has 6 nitrogen and oxygen atoms in total. The molecule has 0 atom stereocenters. The molecule has 5 aliphatic carbocycles. The number of para-hydroxylation sites is 1. The predicted octanol–water partition coefficient (Wildman–Crippen LogP) is 4.35. The zero-order valence-corrected chi connectivity index (χ0v) is 19.5. The summed E-state index contributed by atoms with van der Waals surface area (Å²) in [6, 6.07) is 10.5. The summed E-state index contributed by atoms with van der Waals surface area (Å²) in [7, 11) is 0. The molecular formula is C27H36N2O4. The summed E-state index contributed by atoms with van der Waals surface area (Å²) in [6.07, 6.45) is 9.56. The molecule has 33 heavy (non-hydrogen) atoms. The fourth-order valence-corrected chi connectivity index (χ4v) is 8.18. The Balaban J connectivity index is 0.957. The number of anilines is 1. The molecule has 2 saturated heterocycles. The Morgan fingerprint density at radius 2 is 1.45 bits per heavy atom. The predicted molar refractivity (Wildman–Crippen MR) is 123 cm³/mol. The van der Waals surface area contributed by atoms with Crippen molar-refractivity contribution in [3.8, 4) is 0 Å². The van der Waals surface area contributed by atoms with Crippen LogP contribution in [0.3, 0.4) is 0 Å². The van der Waals surface area contributed by atoms with Gasteiger partial charge in [-0.25, -0.2) is 0 Å².